The molecule has 3 fully saturated rings. The van der Waals surface area contributed by atoms with Gasteiger partial charge in [-0.15, -0.1) is 0 Å². The first-order valence-electron chi connectivity index (χ1n) is 11.7. The highest BCUT2D eigenvalue weighted by atomic mass is 16.4. The number of hydrogen-bond acceptors (Lipinski definition) is 6. The predicted molar refractivity (Wildman–Crippen MR) is 120 cm³/mol. The molecule has 0 spiro atoms. The number of hydrazine groups is 1. The molecule has 1 aromatic rings. The molecule has 2 heterocycles. The molecule has 31 heavy (non-hydrogen) atoms. The van der Waals surface area contributed by atoms with Crippen LogP contribution in [0.3, 0.4) is 0 Å². The van der Waals surface area contributed by atoms with E-state index in [9.17, 15) is 14.7 Å². The summed E-state index contributed by atoms with van der Waals surface area (Å²) >= 11 is 0. The van der Waals surface area contributed by atoms with Crippen molar-refractivity contribution in [3.8, 4) is 0 Å². The maximum Gasteiger partial charge on any atom is 0.337 e. The topological polar surface area (TPSA) is 88.1 Å². The molecular formula is C23H35N5O3. The molecule has 0 bridgehead atoms. The van der Waals surface area contributed by atoms with Crippen LogP contribution in [0.5, 0.6) is 0 Å². The molecule has 170 valence electrons. The van der Waals surface area contributed by atoms with E-state index in [2.05, 4.69) is 39.4 Å². The fourth-order valence-corrected chi connectivity index (χ4v) is 5.01. The Morgan fingerprint density at radius 1 is 1.16 bits per heavy atom. The SMILES string of the molecule is CCCN1C(C(=O)Nc2ccc(C3CC3)cc2C(=O)O)CCC(N2CCNC2)N1CC. The Morgan fingerprint density at radius 3 is 2.58 bits per heavy atom. The van der Waals surface area contributed by atoms with Gasteiger partial charge in [-0.1, -0.05) is 19.9 Å². The van der Waals surface area contributed by atoms with Crippen LogP contribution in [0.2, 0.25) is 0 Å². The van der Waals surface area contributed by atoms with Crippen molar-refractivity contribution in [2.45, 2.75) is 64.1 Å². The Kier molecular flexibility index (Phi) is 6.91. The van der Waals surface area contributed by atoms with Crippen molar-refractivity contribution in [3.05, 3.63) is 29.3 Å². The van der Waals surface area contributed by atoms with Gasteiger partial charge in [0.2, 0.25) is 5.91 Å². The van der Waals surface area contributed by atoms with E-state index in [0.717, 1.165) is 70.5 Å². The van der Waals surface area contributed by atoms with E-state index >= 15 is 0 Å². The van der Waals surface area contributed by atoms with Crippen molar-refractivity contribution in [1.29, 1.82) is 0 Å². The molecule has 8 heteroatoms. The number of aromatic carboxylic acids is 1. The van der Waals surface area contributed by atoms with Gasteiger partial charge in [0.1, 0.15) is 6.04 Å². The number of benzene rings is 1. The van der Waals surface area contributed by atoms with Gasteiger partial charge in [0.25, 0.3) is 0 Å². The van der Waals surface area contributed by atoms with Crippen LogP contribution in [0.1, 0.15) is 67.8 Å². The highest BCUT2D eigenvalue weighted by Gasteiger charge is 2.40. The number of amides is 1. The van der Waals surface area contributed by atoms with Crippen LogP contribution in [-0.2, 0) is 4.79 Å². The molecular weight excluding hydrogens is 394 g/mol. The Balaban J connectivity index is 1.52. The summed E-state index contributed by atoms with van der Waals surface area (Å²) in [5.41, 5.74) is 1.64. The van der Waals surface area contributed by atoms with Crippen molar-refractivity contribution < 1.29 is 14.7 Å². The number of hydrogen-bond donors (Lipinski definition) is 3. The molecule has 2 atom stereocenters. The van der Waals surface area contributed by atoms with E-state index < -0.39 is 5.97 Å². The van der Waals surface area contributed by atoms with Crippen LogP contribution in [-0.4, -0.2) is 77.0 Å². The van der Waals surface area contributed by atoms with Crippen molar-refractivity contribution in [3.63, 3.8) is 0 Å². The van der Waals surface area contributed by atoms with Crippen molar-refractivity contribution in [1.82, 2.24) is 20.2 Å². The van der Waals surface area contributed by atoms with Crippen LogP contribution in [0.25, 0.3) is 0 Å². The fraction of sp³-hybridized carbons (Fsp3) is 0.652. The zero-order valence-electron chi connectivity index (χ0n) is 18.6. The quantitative estimate of drug-likeness (QED) is 0.585. The molecule has 0 aromatic heterocycles. The number of carbonyl (C=O) groups excluding carboxylic acids is 1. The standard InChI is InChI=1S/C23H35N5O3/c1-3-12-28-20(9-10-21(27(28)4-2)26-13-11-24-15-26)22(29)25-19-8-7-17(16-5-6-16)14-18(19)23(30)31/h7-8,14,16,20-21,24H,3-6,9-13,15H2,1-2H3,(H,25,29)(H,30,31). The van der Waals surface area contributed by atoms with Gasteiger partial charge in [-0.05, 0) is 55.7 Å². The van der Waals surface area contributed by atoms with Crippen LogP contribution in [0, 0.1) is 0 Å². The zero-order chi connectivity index (χ0) is 22.0. The highest BCUT2D eigenvalue weighted by Crippen LogP contribution is 2.41. The van der Waals surface area contributed by atoms with Gasteiger partial charge in [0.05, 0.1) is 17.4 Å². The molecule has 8 nitrogen and oxygen atoms in total. The Morgan fingerprint density at radius 2 is 1.97 bits per heavy atom. The lowest BCUT2D eigenvalue weighted by Crippen LogP contribution is -2.64. The van der Waals surface area contributed by atoms with Gasteiger partial charge < -0.3 is 15.7 Å². The van der Waals surface area contributed by atoms with Crippen molar-refractivity contribution >= 4 is 17.6 Å². The molecule has 2 saturated heterocycles. The smallest absolute Gasteiger partial charge is 0.337 e. The lowest BCUT2D eigenvalue weighted by molar-refractivity contribution is -0.170. The summed E-state index contributed by atoms with van der Waals surface area (Å²) in [4.78, 5) is 27.6. The molecule has 2 aliphatic heterocycles. The third-order valence-electron chi connectivity index (χ3n) is 6.70. The summed E-state index contributed by atoms with van der Waals surface area (Å²) in [5.74, 6) is -0.647. The summed E-state index contributed by atoms with van der Waals surface area (Å²) < 4.78 is 0. The fourth-order valence-electron chi connectivity index (χ4n) is 5.01. The summed E-state index contributed by atoms with van der Waals surface area (Å²) in [6, 6.07) is 5.16. The maximum absolute atomic E-state index is 13.3. The van der Waals surface area contributed by atoms with Crippen LogP contribution in [0.4, 0.5) is 5.69 Å². The lowest BCUT2D eigenvalue weighted by Gasteiger charge is -2.50. The molecule has 4 rings (SSSR count). The molecule has 1 aromatic carbocycles. The molecule has 2 unspecified atom stereocenters. The monoisotopic (exact) mass is 429 g/mol. The molecule has 1 saturated carbocycles. The Bertz CT molecular complexity index is 806. The second kappa shape index (κ2) is 9.65. The van der Waals surface area contributed by atoms with Gasteiger partial charge in [-0.2, -0.15) is 0 Å². The van der Waals surface area contributed by atoms with E-state index in [-0.39, 0.29) is 17.5 Å². The maximum atomic E-state index is 13.3. The second-order valence-electron chi connectivity index (χ2n) is 8.84. The van der Waals surface area contributed by atoms with E-state index in [1.807, 2.05) is 6.07 Å². The van der Waals surface area contributed by atoms with E-state index in [4.69, 9.17) is 0 Å². The van der Waals surface area contributed by atoms with Gasteiger partial charge >= 0.3 is 5.97 Å². The first-order chi connectivity index (χ1) is 15.0. The average Bonchev–Trinajstić information content (AvgIpc) is 3.47. The summed E-state index contributed by atoms with van der Waals surface area (Å²) in [5, 5.41) is 20.6. The number of carbonyl (C=O) groups is 2. The van der Waals surface area contributed by atoms with Crippen LogP contribution >= 0.6 is 0 Å². The van der Waals surface area contributed by atoms with Gasteiger partial charge in [-0.3, -0.25) is 9.69 Å². The number of nitrogens with zero attached hydrogens (tertiary/aromatic N) is 3. The van der Waals surface area contributed by atoms with Gasteiger partial charge in [0.15, 0.2) is 0 Å². The number of rotatable bonds is 8. The minimum Gasteiger partial charge on any atom is -0.478 e. The van der Waals surface area contributed by atoms with Gasteiger partial charge in [0, 0.05) is 32.8 Å². The summed E-state index contributed by atoms with van der Waals surface area (Å²) in [6.45, 7) is 8.81. The minimum absolute atomic E-state index is 0.119. The predicted octanol–water partition coefficient (Wildman–Crippen LogP) is 2.50. The lowest BCUT2D eigenvalue weighted by atomic mass is 10.0. The number of nitrogens with one attached hydrogen (secondary N) is 2. The molecule has 1 aliphatic carbocycles. The summed E-state index contributed by atoms with van der Waals surface area (Å²) in [7, 11) is 0. The molecule has 1 amide bonds. The summed E-state index contributed by atoms with van der Waals surface area (Å²) in [6.07, 6.45) is 5.13. The average molecular weight is 430 g/mol. The second-order valence-corrected chi connectivity index (χ2v) is 8.84. The first kappa shape index (κ1) is 22.2. The van der Waals surface area contributed by atoms with E-state index in [0.29, 0.717) is 17.8 Å². The van der Waals surface area contributed by atoms with Crippen molar-refractivity contribution in [2.24, 2.45) is 0 Å². The minimum atomic E-state index is -0.997. The number of carboxylic acids is 1. The van der Waals surface area contributed by atoms with Crippen LogP contribution < -0.4 is 10.6 Å². The largest absolute Gasteiger partial charge is 0.478 e. The normalized spacial score (nSPS) is 25.6. The number of carboxylic acid groups (broad SMARTS) is 1. The first-order valence-corrected chi connectivity index (χ1v) is 11.7. The highest BCUT2D eigenvalue weighted by molar-refractivity contribution is 6.02. The third-order valence-corrected chi connectivity index (χ3v) is 6.70. The molecule has 3 N–H and O–H groups in total. The number of anilines is 1. The Hall–Kier alpha value is -2.00. The zero-order valence-corrected chi connectivity index (χ0v) is 18.6. The molecule has 3 aliphatic rings. The van der Waals surface area contributed by atoms with Crippen LogP contribution in [0.15, 0.2) is 18.2 Å². The molecule has 0 radical (unpaired) electrons. The van der Waals surface area contributed by atoms with Gasteiger partial charge in [-0.25, -0.2) is 14.8 Å². The van der Waals surface area contributed by atoms with E-state index in [1.165, 1.54) is 0 Å². The third kappa shape index (κ3) is 4.77. The van der Waals surface area contributed by atoms with Crippen molar-refractivity contribution in [2.75, 3.05) is 38.2 Å². The Labute approximate surface area is 184 Å². The van der Waals surface area contributed by atoms with E-state index in [1.54, 1.807) is 12.1 Å².